The van der Waals surface area contributed by atoms with E-state index in [1.54, 1.807) is 14.2 Å². The number of hydrogen-bond acceptors (Lipinski definition) is 3. The second-order valence-electron chi connectivity index (χ2n) is 5.78. The first kappa shape index (κ1) is 14.9. The SMILES string of the molecule is COc1cc2c(cc1OC)CC(NCc1ccccc1)CC2. The number of rotatable bonds is 5. The number of aryl methyl sites for hydroxylation is 1. The molecule has 22 heavy (non-hydrogen) atoms. The summed E-state index contributed by atoms with van der Waals surface area (Å²) in [6, 6.07) is 15.3. The van der Waals surface area contributed by atoms with Crippen molar-refractivity contribution < 1.29 is 9.47 Å². The lowest BCUT2D eigenvalue weighted by molar-refractivity contribution is 0.352. The molecule has 2 aromatic rings. The van der Waals surface area contributed by atoms with Gasteiger partial charge in [-0.25, -0.2) is 0 Å². The summed E-state index contributed by atoms with van der Waals surface area (Å²) in [7, 11) is 3.38. The Labute approximate surface area is 132 Å². The van der Waals surface area contributed by atoms with Crippen LogP contribution in [0.5, 0.6) is 11.5 Å². The molecule has 3 nitrogen and oxygen atoms in total. The quantitative estimate of drug-likeness (QED) is 0.918. The van der Waals surface area contributed by atoms with Gasteiger partial charge in [0.2, 0.25) is 0 Å². The first-order valence-electron chi connectivity index (χ1n) is 7.81. The zero-order valence-corrected chi connectivity index (χ0v) is 13.3. The van der Waals surface area contributed by atoms with Gasteiger partial charge in [0.1, 0.15) is 0 Å². The lowest BCUT2D eigenvalue weighted by Crippen LogP contribution is -2.34. The van der Waals surface area contributed by atoms with Crippen molar-refractivity contribution in [2.45, 2.75) is 31.8 Å². The van der Waals surface area contributed by atoms with Gasteiger partial charge in [-0.15, -0.1) is 0 Å². The molecule has 0 bridgehead atoms. The molecule has 0 fully saturated rings. The largest absolute Gasteiger partial charge is 0.493 e. The third-order valence-electron chi connectivity index (χ3n) is 4.37. The van der Waals surface area contributed by atoms with Gasteiger partial charge in [-0.2, -0.15) is 0 Å². The van der Waals surface area contributed by atoms with Gasteiger partial charge in [-0.1, -0.05) is 30.3 Å². The predicted octanol–water partition coefficient (Wildman–Crippen LogP) is 3.35. The van der Waals surface area contributed by atoms with Gasteiger partial charge >= 0.3 is 0 Å². The van der Waals surface area contributed by atoms with Crippen LogP contribution in [-0.2, 0) is 19.4 Å². The van der Waals surface area contributed by atoms with E-state index in [0.717, 1.165) is 37.3 Å². The molecule has 0 saturated carbocycles. The first-order chi connectivity index (χ1) is 10.8. The molecular formula is C19H23NO2. The Morgan fingerprint density at radius 3 is 2.36 bits per heavy atom. The fourth-order valence-electron chi connectivity index (χ4n) is 3.12. The number of hydrogen-bond donors (Lipinski definition) is 1. The maximum atomic E-state index is 5.42. The second kappa shape index (κ2) is 6.84. The Morgan fingerprint density at radius 2 is 1.68 bits per heavy atom. The van der Waals surface area contributed by atoms with Gasteiger partial charge in [-0.3, -0.25) is 0 Å². The van der Waals surface area contributed by atoms with Crippen molar-refractivity contribution >= 4 is 0 Å². The minimum Gasteiger partial charge on any atom is -0.493 e. The van der Waals surface area contributed by atoms with E-state index in [-0.39, 0.29) is 0 Å². The second-order valence-corrected chi connectivity index (χ2v) is 5.78. The van der Waals surface area contributed by atoms with Crippen molar-refractivity contribution in [2.75, 3.05) is 14.2 Å². The molecule has 0 saturated heterocycles. The van der Waals surface area contributed by atoms with Crippen LogP contribution < -0.4 is 14.8 Å². The van der Waals surface area contributed by atoms with E-state index in [9.17, 15) is 0 Å². The molecule has 1 N–H and O–H groups in total. The summed E-state index contributed by atoms with van der Waals surface area (Å²) in [6.45, 7) is 0.925. The van der Waals surface area contributed by atoms with Gasteiger partial charge in [0.15, 0.2) is 11.5 Å². The van der Waals surface area contributed by atoms with E-state index >= 15 is 0 Å². The van der Waals surface area contributed by atoms with Crippen LogP contribution >= 0.6 is 0 Å². The molecule has 3 rings (SSSR count). The molecule has 0 heterocycles. The Balaban J connectivity index is 1.68. The highest BCUT2D eigenvalue weighted by Crippen LogP contribution is 2.34. The van der Waals surface area contributed by atoms with Gasteiger partial charge in [0.25, 0.3) is 0 Å². The van der Waals surface area contributed by atoms with Crippen LogP contribution in [0.1, 0.15) is 23.1 Å². The van der Waals surface area contributed by atoms with Gasteiger partial charge in [0.05, 0.1) is 14.2 Å². The zero-order chi connectivity index (χ0) is 15.4. The number of fused-ring (bicyclic) bond motifs is 1. The van der Waals surface area contributed by atoms with Crippen molar-refractivity contribution in [1.82, 2.24) is 5.32 Å². The van der Waals surface area contributed by atoms with Crippen LogP contribution in [0.25, 0.3) is 0 Å². The Hall–Kier alpha value is -2.00. The summed E-state index contributed by atoms with van der Waals surface area (Å²) < 4.78 is 10.8. The maximum absolute atomic E-state index is 5.42. The summed E-state index contributed by atoms with van der Waals surface area (Å²) in [5, 5.41) is 3.67. The van der Waals surface area contributed by atoms with E-state index in [1.807, 2.05) is 0 Å². The summed E-state index contributed by atoms with van der Waals surface area (Å²) in [5.74, 6) is 1.65. The molecule has 0 amide bonds. The molecule has 2 aromatic carbocycles. The van der Waals surface area contributed by atoms with Crippen molar-refractivity contribution in [3.05, 3.63) is 59.2 Å². The van der Waals surface area contributed by atoms with Crippen LogP contribution in [0.15, 0.2) is 42.5 Å². The topological polar surface area (TPSA) is 30.5 Å². The average molecular weight is 297 g/mol. The van der Waals surface area contributed by atoms with Crippen LogP contribution in [0.3, 0.4) is 0 Å². The van der Waals surface area contributed by atoms with Gasteiger partial charge in [-0.05, 0) is 48.1 Å². The third kappa shape index (κ3) is 3.25. The fraction of sp³-hybridized carbons (Fsp3) is 0.368. The molecule has 1 atom stereocenters. The van der Waals surface area contributed by atoms with E-state index < -0.39 is 0 Å². The Kier molecular flexibility index (Phi) is 4.64. The number of nitrogens with one attached hydrogen (secondary N) is 1. The summed E-state index contributed by atoms with van der Waals surface area (Å²) in [6.07, 6.45) is 3.29. The van der Waals surface area contributed by atoms with E-state index in [4.69, 9.17) is 9.47 Å². The van der Waals surface area contributed by atoms with Crippen LogP contribution in [0, 0.1) is 0 Å². The molecule has 3 heteroatoms. The highest BCUT2D eigenvalue weighted by molar-refractivity contribution is 5.48. The molecule has 1 aliphatic carbocycles. The molecule has 0 radical (unpaired) electrons. The molecule has 0 aliphatic heterocycles. The molecule has 1 aliphatic rings. The smallest absolute Gasteiger partial charge is 0.161 e. The summed E-state index contributed by atoms with van der Waals surface area (Å²) in [5.41, 5.74) is 4.09. The minimum atomic E-state index is 0.519. The van der Waals surface area contributed by atoms with E-state index in [1.165, 1.54) is 16.7 Å². The normalized spacial score (nSPS) is 16.9. The third-order valence-corrected chi connectivity index (χ3v) is 4.37. The number of benzene rings is 2. The van der Waals surface area contributed by atoms with Crippen LogP contribution in [0.4, 0.5) is 0 Å². The van der Waals surface area contributed by atoms with Gasteiger partial charge in [0, 0.05) is 12.6 Å². The van der Waals surface area contributed by atoms with E-state index in [0.29, 0.717) is 6.04 Å². The maximum Gasteiger partial charge on any atom is 0.161 e. The lowest BCUT2D eigenvalue weighted by Gasteiger charge is -2.26. The Bertz CT molecular complexity index is 625. The molecule has 0 spiro atoms. The molecule has 116 valence electrons. The predicted molar refractivity (Wildman–Crippen MR) is 88.6 cm³/mol. The van der Waals surface area contributed by atoms with Crippen molar-refractivity contribution in [3.63, 3.8) is 0 Å². The number of methoxy groups -OCH3 is 2. The van der Waals surface area contributed by atoms with Crippen molar-refractivity contribution in [3.8, 4) is 11.5 Å². The van der Waals surface area contributed by atoms with Gasteiger partial charge < -0.3 is 14.8 Å². The average Bonchev–Trinajstić information content (AvgIpc) is 2.59. The van der Waals surface area contributed by atoms with Crippen LogP contribution in [0.2, 0.25) is 0 Å². The molecular weight excluding hydrogens is 274 g/mol. The minimum absolute atomic E-state index is 0.519. The first-order valence-corrected chi connectivity index (χ1v) is 7.81. The zero-order valence-electron chi connectivity index (χ0n) is 13.3. The highest BCUT2D eigenvalue weighted by Gasteiger charge is 2.20. The molecule has 0 aromatic heterocycles. The van der Waals surface area contributed by atoms with Crippen molar-refractivity contribution in [2.24, 2.45) is 0 Å². The Morgan fingerprint density at radius 1 is 1.00 bits per heavy atom. The lowest BCUT2D eigenvalue weighted by atomic mass is 9.87. The fourth-order valence-corrected chi connectivity index (χ4v) is 3.12. The van der Waals surface area contributed by atoms with Crippen molar-refractivity contribution in [1.29, 1.82) is 0 Å². The number of ether oxygens (including phenoxy) is 2. The summed E-state index contributed by atoms with van der Waals surface area (Å²) >= 11 is 0. The van der Waals surface area contributed by atoms with Crippen LogP contribution in [-0.4, -0.2) is 20.3 Å². The highest BCUT2D eigenvalue weighted by atomic mass is 16.5. The molecule has 1 unspecified atom stereocenters. The monoisotopic (exact) mass is 297 g/mol. The van der Waals surface area contributed by atoms with E-state index in [2.05, 4.69) is 47.8 Å². The summed E-state index contributed by atoms with van der Waals surface area (Å²) in [4.78, 5) is 0. The standard InChI is InChI=1S/C19H23NO2/c1-21-18-11-15-8-9-17(10-16(15)12-19(18)22-2)20-13-14-6-4-3-5-7-14/h3-7,11-12,17,20H,8-10,13H2,1-2H3.